The maximum Gasteiger partial charge on any atom is 0.322 e. The molecule has 2 amide bonds. The van der Waals surface area contributed by atoms with Crippen LogP contribution in [0.4, 0.5) is 10.5 Å². The number of nitrogens with one attached hydrogen (secondary N) is 1. The average Bonchev–Trinajstić information content (AvgIpc) is 2.54. The number of rotatable bonds is 6. The predicted octanol–water partition coefficient (Wildman–Crippen LogP) is 3.59. The van der Waals surface area contributed by atoms with Crippen molar-refractivity contribution in [3.8, 4) is 0 Å². The first-order chi connectivity index (χ1) is 11.0. The van der Waals surface area contributed by atoms with Crippen LogP contribution in [0.1, 0.15) is 11.1 Å². The zero-order valence-electron chi connectivity index (χ0n) is 14.1. The van der Waals surface area contributed by atoms with Crippen molar-refractivity contribution in [2.75, 3.05) is 32.5 Å². The van der Waals surface area contributed by atoms with Crippen LogP contribution < -0.4 is 5.32 Å². The second kappa shape index (κ2) is 8.34. The fraction of sp³-hybridized carbons (Fsp3) is 0.316. The van der Waals surface area contributed by atoms with Crippen molar-refractivity contribution in [2.24, 2.45) is 0 Å². The van der Waals surface area contributed by atoms with E-state index >= 15 is 0 Å². The predicted molar refractivity (Wildman–Crippen MR) is 95.6 cm³/mol. The van der Waals surface area contributed by atoms with E-state index in [0.717, 1.165) is 17.8 Å². The number of urea groups is 1. The Labute approximate surface area is 138 Å². The van der Waals surface area contributed by atoms with Gasteiger partial charge < -0.3 is 15.1 Å². The highest BCUT2D eigenvalue weighted by Crippen LogP contribution is 2.11. The van der Waals surface area contributed by atoms with Gasteiger partial charge in [0.2, 0.25) is 0 Å². The molecule has 0 atom stereocenters. The van der Waals surface area contributed by atoms with E-state index < -0.39 is 0 Å². The number of carbonyl (C=O) groups excluding carboxylic acids is 1. The molecule has 4 heteroatoms. The molecule has 2 aromatic carbocycles. The molecule has 0 spiro atoms. The van der Waals surface area contributed by atoms with Gasteiger partial charge in [-0.25, -0.2) is 4.79 Å². The number of hydrogen-bond donors (Lipinski definition) is 1. The standard InChI is InChI=1S/C19H25N3O/c1-16-9-11-18(12-10-16)20-19(23)22(14-13-21(2)3)15-17-7-5-4-6-8-17/h4-12H,13-15H2,1-3H3,(H,20,23). The van der Waals surface area contributed by atoms with E-state index in [1.807, 2.05) is 80.5 Å². The van der Waals surface area contributed by atoms with Gasteiger partial charge in [-0.15, -0.1) is 0 Å². The van der Waals surface area contributed by atoms with Crippen molar-refractivity contribution in [1.82, 2.24) is 9.80 Å². The normalized spacial score (nSPS) is 10.6. The fourth-order valence-electron chi connectivity index (χ4n) is 2.22. The summed E-state index contributed by atoms with van der Waals surface area (Å²) < 4.78 is 0. The molecule has 0 unspecified atom stereocenters. The molecule has 4 nitrogen and oxygen atoms in total. The molecular formula is C19H25N3O. The highest BCUT2D eigenvalue weighted by Gasteiger charge is 2.14. The van der Waals surface area contributed by atoms with Gasteiger partial charge in [0.1, 0.15) is 0 Å². The van der Waals surface area contributed by atoms with E-state index in [9.17, 15) is 4.79 Å². The van der Waals surface area contributed by atoms with Crippen LogP contribution >= 0.6 is 0 Å². The van der Waals surface area contributed by atoms with Gasteiger partial charge in [-0.05, 0) is 38.7 Å². The van der Waals surface area contributed by atoms with Gasteiger partial charge in [0, 0.05) is 25.3 Å². The molecule has 0 fully saturated rings. The van der Waals surface area contributed by atoms with Crippen LogP contribution in [0.2, 0.25) is 0 Å². The maximum atomic E-state index is 12.6. The number of benzene rings is 2. The molecule has 2 aromatic rings. The summed E-state index contributed by atoms with van der Waals surface area (Å²) in [6.45, 7) is 4.14. The Morgan fingerprint density at radius 1 is 0.957 bits per heavy atom. The summed E-state index contributed by atoms with van der Waals surface area (Å²) >= 11 is 0. The molecule has 0 saturated carbocycles. The van der Waals surface area contributed by atoms with Gasteiger partial charge in [0.25, 0.3) is 0 Å². The number of amides is 2. The van der Waals surface area contributed by atoms with Crippen LogP contribution in [0.15, 0.2) is 54.6 Å². The minimum Gasteiger partial charge on any atom is -0.319 e. The van der Waals surface area contributed by atoms with Crippen molar-refractivity contribution in [2.45, 2.75) is 13.5 Å². The fourth-order valence-corrected chi connectivity index (χ4v) is 2.22. The first-order valence-electron chi connectivity index (χ1n) is 7.86. The van der Waals surface area contributed by atoms with Crippen LogP contribution in [0.5, 0.6) is 0 Å². The van der Waals surface area contributed by atoms with E-state index in [1.165, 1.54) is 5.56 Å². The van der Waals surface area contributed by atoms with Crippen molar-refractivity contribution in [3.63, 3.8) is 0 Å². The molecule has 0 aliphatic rings. The minimum atomic E-state index is -0.0699. The molecule has 0 saturated heterocycles. The number of anilines is 1. The number of nitrogens with zero attached hydrogens (tertiary/aromatic N) is 2. The average molecular weight is 311 g/mol. The molecule has 0 aromatic heterocycles. The topological polar surface area (TPSA) is 35.6 Å². The van der Waals surface area contributed by atoms with Crippen LogP contribution in [0.3, 0.4) is 0 Å². The second-order valence-electron chi connectivity index (χ2n) is 6.01. The van der Waals surface area contributed by atoms with Crippen molar-refractivity contribution in [3.05, 3.63) is 65.7 Å². The van der Waals surface area contributed by atoms with Gasteiger partial charge in [0.05, 0.1) is 0 Å². The van der Waals surface area contributed by atoms with Crippen LogP contribution in [-0.4, -0.2) is 43.0 Å². The monoisotopic (exact) mass is 311 g/mol. The quantitative estimate of drug-likeness (QED) is 0.885. The number of aryl methyl sites for hydroxylation is 1. The van der Waals surface area contributed by atoms with E-state index in [0.29, 0.717) is 13.1 Å². The zero-order chi connectivity index (χ0) is 16.7. The Kier molecular flexibility index (Phi) is 6.18. The molecule has 0 heterocycles. The third-order valence-electron chi connectivity index (χ3n) is 3.62. The summed E-state index contributed by atoms with van der Waals surface area (Å²) in [5, 5.41) is 2.98. The Morgan fingerprint density at radius 2 is 1.61 bits per heavy atom. The molecule has 0 aliphatic carbocycles. The summed E-state index contributed by atoms with van der Waals surface area (Å²) in [6.07, 6.45) is 0. The van der Waals surface area contributed by atoms with Gasteiger partial charge in [0.15, 0.2) is 0 Å². The Bertz CT molecular complexity index is 608. The lowest BCUT2D eigenvalue weighted by Gasteiger charge is -2.25. The molecule has 0 aliphatic heterocycles. The number of hydrogen-bond acceptors (Lipinski definition) is 2. The number of likely N-dealkylation sites (N-methyl/N-ethyl adjacent to an activating group) is 1. The number of carbonyl (C=O) groups is 1. The summed E-state index contributed by atoms with van der Waals surface area (Å²) in [4.78, 5) is 16.5. The van der Waals surface area contributed by atoms with Crippen LogP contribution in [0, 0.1) is 6.92 Å². The minimum absolute atomic E-state index is 0.0699. The molecule has 2 rings (SSSR count). The molecular weight excluding hydrogens is 286 g/mol. The van der Waals surface area contributed by atoms with Crippen molar-refractivity contribution >= 4 is 11.7 Å². The third-order valence-corrected chi connectivity index (χ3v) is 3.62. The molecule has 0 bridgehead atoms. The first kappa shape index (κ1) is 17.0. The zero-order valence-corrected chi connectivity index (χ0v) is 14.1. The van der Waals surface area contributed by atoms with Crippen molar-refractivity contribution < 1.29 is 4.79 Å². The molecule has 23 heavy (non-hydrogen) atoms. The van der Waals surface area contributed by atoms with Gasteiger partial charge in [-0.2, -0.15) is 0 Å². The lowest BCUT2D eigenvalue weighted by atomic mass is 10.2. The van der Waals surface area contributed by atoms with Crippen LogP contribution in [0.25, 0.3) is 0 Å². The van der Waals surface area contributed by atoms with E-state index in [2.05, 4.69) is 10.2 Å². The lowest BCUT2D eigenvalue weighted by Crippen LogP contribution is -2.39. The van der Waals surface area contributed by atoms with E-state index in [1.54, 1.807) is 0 Å². The largest absolute Gasteiger partial charge is 0.322 e. The summed E-state index contributed by atoms with van der Waals surface area (Å²) in [6, 6.07) is 17.9. The Hall–Kier alpha value is -2.33. The second-order valence-corrected chi connectivity index (χ2v) is 6.01. The van der Waals surface area contributed by atoms with Gasteiger partial charge in [-0.1, -0.05) is 48.0 Å². The highest BCUT2D eigenvalue weighted by molar-refractivity contribution is 5.89. The Balaban J connectivity index is 2.05. The molecule has 122 valence electrons. The summed E-state index contributed by atoms with van der Waals surface area (Å²) in [5.74, 6) is 0. The van der Waals surface area contributed by atoms with Gasteiger partial charge in [-0.3, -0.25) is 0 Å². The maximum absolute atomic E-state index is 12.6. The van der Waals surface area contributed by atoms with E-state index in [-0.39, 0.29) is 6.03 Å². The smallest absolute Gasteiger partial charge is 0.319 e. The highest BCUT2D eigenvalue weighted by atomic mass is 16.2. The Morgan fingerprint density at radius 3 is 2.22 bits per heavy atom. The van der Waals surface area contributed by atoms with Crippen LogP contribution in [-0.2, 0) is 6.54 Å². The van der Waals surface area contributed by atoms with E-state index in [4.69, 9.17) is 0 Å². The summed E-state index contributed by atoms with van der Waals surface area (Å²) in [7, 11) is 4.02. The van der Waals surface area contributed by atoms with Gasteiger partial charge >= 0.3 is 6.03 Å². The van der Waals surface area contributed by atoms with Crippen molar-refractivity contribution in [1.29, 1.82) is 0 Å². The third kappa shape index (κ3) is 5.75. The summed E-state index contributed by atoms with van der Waals surface area (Å²) in [5.41, 5.74) is 3.13. The molecule has 1 N–H and O–H groups in total. The SMILES string of the molecule is Cc1ccc(NC(=O)N(CCN(C)C)Cc2ccccc2)cc1. The first-order valence-corrected chi connectivity index (χ1v) is 7.86. The lowest BCUT2D eigenvalue weighted by molar-refractivity contribution is 0.202. The molecule has 0 radical (unpaired) electrons.